The fourth-order valence-electron chi connectivity index (χ4n) is 4.57. The second-order valence-corrected chi connectivity index (χ2v) is 12.8. The number of hydrogen-bond donors (Lipinski definition) is 1. The first-order valence-corrected chi connectivity index (χ1v) is 16.1. The fraction of sp³-hybridized carbons (Fsp3) is 0.188. The van der Waals surface area contributed by atoms with Crippen LogP contribution in [0.1, 0.15) is 18.1 Å². The Morgan fingerprint density at radius 2 is 1.44 bits per heavy atom. The Bertz CT molecular complexity index is 1670. The Morgan fingerprint density at radius 3 is 2.07 bits per heavy atom. The van der Waals surface area contributed by atoms with Crippen LogP contribution in [-0.4, -0.2) is 44.3 Å². The third kappa shape index (κ3) is 8.30. The molecule has 0 heterocycles. The minimum atomic E-state index is -4.24. The van der Waals surface area contributed by atoms with Gasteiger partial charge in [-0.2, -0.15) is 0 Å². The smallest absolute Gasteiger partial charge is 0.264 e. The lowest BCUT2D eigenvalue weighted by Crippen LogP contribution is -2.53. The molecule has 0 aliphatic heterocycles. The van der Waals surface area contributed by atoms with Crippen molar-refractivity contribution in [3.63, 3.8) is 0 Å². The van der Waals surface area contributed by atoms with Gasteiger partial charge in [-0.15, -0.1) is 0 Å². The van der Waals surface area contributed by atoms with Gasteiger partial charge in [0.2, 0.25) is 11.8 Å². The largest absolute Gasteiger partial charge is 0.355 e. The van der Waals surface area contributed by atoms with Gasteiger partial charge in [-0.1, -0.05) is 95.5 Å². The Balaban J connectivity index is 1.81. The Hall–Kier alpha value is -3.56. The summed E-state index contributed by atoms with van der Waals surface area (Å²) >= 11 is 18.7. The molecule has 4 aromatic rings. The second-order valence-electron chi connectivity index (χ2n) is 9.67. The molecule has 0 bridgehead atoms. The molecule has 0 aromatic heterocycles. The van der Waals surface area contributed by atoms with Crippen LogP contribution in [0.4, 0.5) is 5.69 Å². The first-order chi connectivity index (χ1) is 20.6. The summed E-state index contributed by atoms with van der Waals surface area (Å²) in [4.78, 5) is 29.2. The highest BCUT2D eigenvalue weighted by Crippen LogP contribution is 2.31. The number of benzene rings is 4. The SMILES string of the molecule is CCNC(=O)C(Cc1ccccc1)N(Cc1cccc(Cl)c1)C(=O)CN(c1ccc(Cl)c(Cl)c1)S(=O)(=O)c1ccccc1. The van der Waals surface area contributed by atoms with Gasteiger partial charge in [0.15, 0.2) is 0 Å². The van der Waals surface area contributed by atoms with E-state index in [1.54, 1.807) is 49.4 Å². The molecule has 0 saturated carbocycles. The number of anilines is 1. The molecule has 0 saturated heterocycles. The van der Waals surface area contributed by atoms with E-state index in [0.717, 1.165) is 9.87 Å². The number of nitrogens with zero attached hydrogens (tertiary/aromatic N) is 2. The lowest BCUT2D eigenvalue weighted by Gasteiger charge is -2.34. The average Bonchev–Trinajstić information content (AvgIpc) is 3.00. The Labute approximate surface area is 267 Å². The van der Waals surface area contributed by atoms with Gasteiger partial charge in [0.25, 0.3) is 10.0 Å². The minimum Gasteiger partial charge on any atom is -0.355 e. The number of halogens is 3. The zero-order valence-corrected chi connectivity index (χ0v) is 26.4. The molecule has 4 rings (SSSR count). The highest BCUT2D eigenvalue weighted by molar-refractivity contribution is 7.92. The summed E-state index contributed by atoms with van der Waals surface area (Å²) < 4.78 is 28.9. The van der Waals surface area contributed by atoms with Crippen LogP contribution >= 0.6 is 34.8 Å². The molecule has 1 N–H and O–H groups in total. The molecule has 43 heavy (non-hydrogen) atoms. The van der Waals surface area contributed by atoms with Crippen molar-refractivity contribution in [1.29, 1.82) is 0 Å². The van der Waals surface area contributed by atoms with Crippen LogP contribution in [-0.2, 0) is 32.6 Å². The Kier molecular flexibility index (Phi) is 11.1. The van der Waals surface area contributed by atoms with E-state index in [9.17, 15) is 18.0 Å². The Morgan fingerprint density at radius 1 is 0.791 bits per heavy atom. The number of rotatable bonds is 12. The van der Waals surface area contributed by atoms with E-state index in [1.807, 2.05) is 30.3 Å². The molecule has 1 unspecified atom stereocenters. The van der Waals surface area contributed by atoms with E-state index in [4.69, 9.17) is 34.8 Å². The normalized spacial score (nSPS) is 11.9. The summed E-state index contributed by atoms with van der Waals surface area (Å²) in [7, 11) is -4.24. The summed E-state index contributed by atoms with van der Waals surface area (Å²) in [5.41, 5.74) is 1.66. The number of sulfonamides is 1. The van der Waals surface area contributed by atoms with Gasteiger partial charge in [-0.25, -0.2) is 8.42 Å². The molecule has 0 radical (unpaired) electrons. The quantitative estimate of drug-likeness (QED) is 0.185. The number of carbonyl (C=O) groups is 2. The summed E-state index contributed by atoms with van der Waals surface area (Å²) in [6, 6.07) is 27.4. The van der Waals surface area contributed by atoms with Crippen LogP contribution in [0.3, 0.4) is 0 Å². The van der Waals surface area contributed by atoms with Crippen LogP contribution in [0, 0.1) is 0 Å². The molecule has 0 spiro atoms. The highest BCUT2D eigenvalue weighted by Gasteiger charge is 2.34. The van der Waals surface area contributed by atoms with Crippen LogP contribution < -0.4 is 9.62 Å². The van der Waals surface area contributed by atoms with E-state index in [0.29, 0.717) is 17.1 Å². The summed E-state index contributed by atoms with van der Waals surface area (Å²) in [5.74, 6) is -0.966. The monoisotopic (exact) mass is 657 g/mol. The standard InChI is InChI=1S/C32H30Cl3N3O4S/c1-2-36-32(40)30(19-23-10-5-3-6-11-23)37(21-24-12-9-13-25(33)18-24)31(39)22-38(26-16-17-28(34)29(35)20-26)43(41,42)27-14-7-4-8-15-27/h3-18,20,30H,2,19,21-22H2,1H3,(H,36,40). The molecule has 1 atom stereocenters. The van der Waals surface area contributed by atoms with E-state index < -0.39 is 28.5 Å². The molecule has 0 fully saturated rings. The third-order valence-corrected chi connectivity index (χ3v) is 9.43. The molecular weight excluding hydrogens is 629 g/mol. The van der Waals surface area contributed by atoms with Crippen LogP contribution in [0.2, 0.25) is 15.1 Å². The highest BCUT2D eigenvalue weighted by atomic mass is 35.5. The maximum Gasteiger partial charge on any atom is 0.264 e. The van der Waals surface area contributed by atoms with Crippen molar-refractivity contribution in [2.24, 2.45) is 0 Å². The zero-order valence-electron chi connectivity index (χ0n) is 23.3. The number of nitrogens with one attached hydrogen (secondary N) is 1. The molecule has 0 aliphatic rings. The second kappa shape index (κ2) is 14.8. The van der Waals surface area contributed by atoms with Gasteiger partial charge < -0.3 is 10.2 Å². The molecule has 2 amide bonds. The fourth-order valence-corrected chi connectivity index (χ4v) is 6.50. The first kappa shape index (κ1) is 32.4. The summed E-state index contributed by atoms with van der Waals surface area (Å²) in [6.45, 7) is 1.54. The van der Waals surface area contributed by atoms with Gasteiger partial charge in [0.1, 0.15) is 12.6 Å². The van der Waals surface area contributed by atoms with Gasteiger partial charge in [-0.3, -0.25) is 13.9 Å². The van der Waals surface area contributed by atoms with Crippen molar-refractivity contribution < 1.29 is 18.0 Å². The molecular formula is C32H30Cl3N3O4S. The van der Waals surface area contributed by atoms with Crippen molar-refractivity contribution >= 4 is 62.3 Å². The average molecular weight is 659 g/mol. The minimum absolute atomic E-state index is 0.00856. The van der Waals surface area contributed by atoms with Gasteiger partial charge >= 0.3 is 0 Å². The van der Waals surface area contributed by atoms with Gasteiger partial charge in [0, 0.05) is 24.5 Å². The number of carbonyl (C=O) groups excluding carboxylic acids is 2. The van der Waals surface area contributed by atoms with Crippen molar-refractivity contribution in [1.82, 2.24) is 10.2 Å². The van der Waals surface area contributed by atoms with Crippen LogP contribution in [0.15, 0.2) is 108 Å². The van der Waals surface area contributed by atoms with E-state index in [2.05, 4.69) is 5.32 Å². The maximum absolute atomic E-state index is 14.3. The van der Waals surface area contributed by atoms with Crippen molar-refractivity contribution in [3.8, 4) is 0 Å². The first-order valence-electron chi connectivity index (χ1n) is 13.5. The molecule has 7 nitrogen and oxygen atoms in total. The third-order valence-electron chi connectivity index (χ3n) is 6.67. The predicted octanol–water partition coefficient (Wildman–Crippen LogP) is 6.62. The van der Waals surface area contributed by atoms with E-state index in [-0.39, 0.29) is 39.5 Å². The van der Waals surface area contributed by atoms with E-state index >= 15 is 0 Å². The maximum atomic E-state index is 14.3. The molecule has 0 aliphatic carbocycles. The van der Waals surface area contributed by atoms with Gasteiger partial charge in [0.05, 0.1) is 20.6 Å². The number of likely N-dealkylation sites (N-methyl/N-ethyl adjacent to an activating group) is 1. The molecule has 4 aromatic carbocycles. The number of hydrogen-bond acceptors (Lipinski definition) is 4. The van der Waals surface area contributed by atoms with Crippen LogP contribution in [0.5, 0.6) is 0 Å². The lowest BCUT2D eigenvalue weighted by atomic mass is 10.0. The topological polar surface area (TPSA) is 86.8 Å². The summed E-state index contributed by atoms with van der Waals surface area (Å²) in [6.07, 6.45) is 0.206. The summed E-state index contributed by atoms with van der Waals surface area (Å²) in [5, 5.41) is 3.65. The molecule has 11 heteroatoms. The van der Waals surface area contributed by atoms with Crippen molar-refractivity contribution in [2.45, 2.75) is 30.8 Å². The van der Waals surface area contributed by atoms with Crippen molar-refractivity contribution in [2.75, 3.05) is 17.4 Å². The molecule has 224 valence electrons. The number of amides is 2. The van der Waals surface area contributed by atoms with Gasteiger partial charge in [-0.05, 0) is 60.5 Å². The van der Waals surface area contributed by atoms with E-state index in [1.165, 1.54) is 35.2 Å². The predicted molar refractivity (Wildman–Crippen MR) is 172 cm³/mol. The lowest BCUT2D eigenvalue weighted by molar-refractivity contribution is -0.140. The van der Waals surface area contributed by atoms with Crippen LogP contribution in [0.25, 0.3) is 0 Å². The zero-order chi connectivity index (χ0) is 31.0. The van der Waals surface area contributed by atoms with Crippen molar-refractivity contribution in [3.05, 3.63) is 129 Å².